The van der Waals surface area contributed by atoms with Gasteiger partial charge in [0.1, 0.15) is 89.8 Å². The van der Waals surface area contributed by atoms with Gasteiger partial charge in [-0.3, -0.25) is 24.1 Å². The molecule has 1 amide bonds. The van der Waals surface area contributed by atoms with E-state index < -0.39 is 186 Å². The Morgan fingerprint density at radius 2 is 1.34 bits per heavy atom. The number of allylic oxidation sites excluding steroid dienone is 2. The summed E-state index contributed by atoms with van der Waals surface area (Å²) in [5, 5.41) is 144. The minimum Gasteiger partial charge on any atom is -0.507 e. The van der Waals surface area contributed by atoms with Crippen molar-refractivity contribution in [3.63, 3.8) is 0 Å². The predicted octanol–water partition coefficient (Wildman–Crippen LogP) is -2.25. The molecule has 115 heavy (non-hydrogen) atoms. The summed E-state index contributed by atoms with van der Waals surface area (Å²) < 4.78 is 52.7. The van der Waals surface area contributed by atoms with Crippen LogP contribution in [0.4, 0.5) is 11.4 Å². The summed E-state index contributed by atoms with van der Waals surface area (Å²) in [6.45, 7) is 26.2. The minimum absolute atomic E-state index is 0.0390. The van der Waals surface area contributed by atoms with E-state index in [-0.39, 0.29) is 99.0 Å². The summed E-state index contributed by atoms with van der Waals surface area (Å²) in [5.74, 6) is -6.43. The quantitative estimate of drug-likeness (QED) is 0.0192. The number of amides is 1. The topological polar surface area (TPSA) is 578 Å². The molecule has 26 atom stereocenters. The lowest BCUT2D eigenvalue weighted by molar-refractivity contribution is -0.332. The fourth-order valence-electron chi connectivity index (χ4n) is 15.4. The van der Waals surface area contributed by atoms with Crippen LogP contribution < -0.4 is 64.6 Å². The van der Waals surface area contributed by atoms with Crippen LogP contribution in [0.1, 0.15) is 101 Å². The second kappa shape index (κ2) is 41.3. The molecule has 4 bridgehead atoms. The number of carbonyl (C=O) groups excluding carboxylic acids is 2. The van der Waals surface area contributed by atoms with Crippen molar-refractivity contribution in [2.24, 2.45) is 52.5 Å². The molecule has 3 aromatic carbocycles. The first-order valence-corrected chi connectivity index (χ1v) is 39.4. The number of esters is 1. The smallest absolute Gasteiger partial charge is 0.307 e. The van der Waals surface area contributed by atoms with Crippen LogP contribution in [0.2, 0.25) is 0 Å². The SMILES string of the molecule is CC[C@@H](CO)NCCN[C@@H](CC)CO.CO[C@H]1/C=C/O[C@@]2(C)Oc3c(C)c(O)c4c(=O)c(c5oc6cc(N7CCN(CC(C)C)CC7)cc(=O)c6nc5c4c3=C2O)NC(=O)/C(C)=C\C=C\[C@H](C)[C@H](O)[C@@H](C)[C@@H](O)[C@@H](C)[C@H](OC(C)=O)[C@@H]1C.NC[C@H]1O[C@H](O[C@H]2[C@H](O)[C@@H](O[C@H]3O[C@H](CO)[C@@H](O)[C@H](N)[C@H]3O)[C@H](N)C[C@@H]2N)[C@H](O)[C@@H](O)[C@@H]1O. The van der Waals surface area contributed by atoms with Gasteiger partial charge in [0.2, 0.25) is 10.9 Å². The number of nitrogens with two attached hydrogens (primary N) is 4. The normalized spacial score (nSPS) is 34.7. The molecule has 1 saturated carbocycles. The summed E-state index contributed by atoms with van der Waals surface area (Å²) in [6, 6.07) is 0.695. The summed E-state index contributed by atoms with van der Waals surface area (Å²) >= 11 is 0. The van der Waals surface area contributed by atoms with Crippen molar-refractivity contribution in [2.45, 2.75) is 236 Å². The number of ether oxygens (including phenoxy) is 8. The van der Waals surface area contributed by atoms with Crippen LogP contribution in [0.15, 0.2) is 62.3 Å². The van der Waals surface area contributed by atoms with Gasteiger partial charge in [-0.1, -0.05) is 73.6 Å². The lowest BCUT2D eigenvalue weighted by atomic mass is 9.78. The molecule has 5 aliphatic heterocycles. The van der Waals surface area contributed by atoms with Crippen molar-refractivity contribution in [3.8, 4) is 11.5 Å². The van der Waals surface area contributed by atoms with Gasteiger partial charge >= 0.3 is 11.8 Å². The lowest BCUT2D eigenvalue weighted by Crippen LogP contribution is -2.68. The van der Waals surface area contributed by atoms with E-state index in [1.807, 2.05) is 13.8 Å². The van der Waals surface area contributed by atoms with E-state index in [1.165, 1.54) is 59.3 Å². The Balaban J connectivity index is 0.000000289. The Morgan fingerprint density at radius 3 is 1.90 bits per heavy atom. The first-order chi connectivity index (χ1) is 54.4. The standard InChI is InChI=1S/C51H64N4O13.C18H36N4O11.C10H24N2O2/c1-24(2)23-54-16-18-55(19-17-54)32-21-33(57)39-35(22-32)67-48-40(52-39)36-37-44(60)30(8)47-38(36)49(62)51(10,68-47)65-20-15-34(64-11)27(5)46(66-31(9)56)29(7)43(59)28(6)42(58)25(3)13-12-14-26(4)50(63)53-41(48)45(37)61;19-2-6-10(25)12(27)13(28)18(30-6)33-16-5(21)1-4(20)15(14(16)29)32-17-11(26)8(22)9(24)7(3-23)31-17;1-3-9(7-13)11-5-6-12-10(4-2)8-14/h12-15,20-22,24-25,27-29,34,42-43,46,58-60,62H,16-19,23H2,1-11H3,(H,53,63);4-18,23-29H,1-3,19-22H2;9-14H,3-8H2,1-2H3/b13-12+,20-15+,26-14-;;/t25-,27+,28+,29+,34-,42-,43+,46+,51-;4-,5+,6-,7-,8+,9-,10-,11-,12+,13-,14-,15+,16-,17-,18-;9-,10-/m010/s1. The van der Waals surface area contributed by atoms with Gasteiger partial charge in [-0.2, -0.15) is 0 Å². The molecular weight excluding hydrogens is 1500 g/mol. The van der Waals surface area contributed by atoms with Crippen molar-refractivity contribution in [3.05, 3.63) is 79.5 Å². The average molecular weight is 1630 g/mol. The van der Waals surface area contributed by atoms with E-state index in [9.17, 15) is 75.3 Å². The Kier molecular flexibility index (Phi) is 33.6. The van der Waals surface area contributed by atoms with Crippen molar-refractivity contribution < 1.29 is 118 Å². The molecule has 36 heteroatoms. The zero-order valence-electron chi connectivity index (χ0n) is 67.7. The number of aliphatic hydroxyl groups is 12. The van der Waals surface area contributed by atoms with Gasteiger partial charge in [0.15, 0.2) is 35.0 Å². The highest BCUT2D eigenvalue weighted by molar-refractivity contribution is 6.17. The number of fused-ring (bicyclic) bond motifs is 2. The maximum atomic E-state index is 14.9. The van der Waals surface area contributed by atoms with Crippen molar-refractivity contribution in [1.82, 2.24) is 20.5 Å². The summed E-state index contributed by atoms with van der Waals surface area (Å²) in [5.41, 5.74) is 22.2. The Hall–Kier alpha value is -6.77. The molecule has 0 unspecified atom stereocenters. The minimum atomic E-state index is -1.98. The third-order valence-corrected chi connectivity index (χ3v) is 22.7. The van der Waals surface area contributed by atoms with Crippen LogP contribution in [0.3, 0.4) is 0 Å². The highest BCUT2D eigenvalue weighted by Crippen LogP contribution is 2.43. The first kappa shape index (κ1) is 93.7. The van der Waals surface area contributed by atoms with Crippen LogP contribution in [0, 0.1) is 36.5 Å². The lowest BCUT2D eigenvalue weighted by Gasteiger charge is -2.48. The van der Waals surface area contributed by atoms with Gasteiger partial charge < -0.3 is 152 Å². The number of hydrogen-bond donors (Lipinski definition) is 20. The van der Waals surface area contributed by atoms with Gasteiger partial charge in [-0.05, 0) is 45.1 Å². The number of carbonyl (C=O) groups is 2. The maximum absolute atomic E-state index is 14.9. The molecule has 6 heterocycles. The predicted molar refractivity (Wildman–Crippen MR) is 425 cm³/mol. The van der Waals surface area contributed by atoms with E-state index in [0.29, 0.717) is 24.7 Å². The average Bonchev–Trinajstić information content (AvgIpc) is 1.57. The number of methoxy groups -OCH3 is 1. The number of phenolic OH excluding ortho intramolecular Hbond substituents is 1. The second-order valence-corrected chi connectivity index (χ2v) is 31.5. The molecule has 1 aliphatic carbocycles. The highest BCUT2D eigenvalue weighted by Gasteiger charge is 2.53. The van der Waals surface area contributed by atoms with Crippen LogP contribution in [-0.2, 0) is 42.7 Å². The second-order valence-electron chi connectivity index (χ2n) is 31.5. The molecule has 0 spiro atoms. The van der Waals surface area contributed by atoms with E-state index in [0.717, 1.165) is 45.6 Å². The number of benzene rings is 3. The van der Waals surface area contributed by atoms with Gasteiger partial charge in [0, 0.05) is 155 Å². The Morgan fingerprint density at radius 1 is 0.739 bits per heavy atom. The Labute approximate surface area is 667 Å². The van der Waals surface area contributed by atoms with E-state index in [4.69, 9.17) is 80.4 Å². The number of hydrogen-bond acceptors (Lipinski definition) is 35. The monoisotopic (exact) mass is 1630 g/mol. The third-order valence-electron chi connectivity index (χ3n) is 22.7. The molecule has 3 saturated heterocycles. The molecule has 36 nitrogen and oxygen atoms in total. The Bertz CT molecular complexity index is 4110. The van der Waals surface area contributed by atoms with Gasteiger partial charge in [-0.15, -0.1) is 0 Å². The number of anilines is 2. The molecule has 6 aliphatic rings. The maximum Gasteiger partial charge on any atom is 0.307 e. The molecule has 10 rings (SSSR count). The summed E-state index contributed by atoms with van der Waals surface area (Å²) in [6.07, 6.45) is -11.0. The zero-order chi connectivity index (χ0) is 85.1. The number of nitrogens with one attached hydrogen (secondary N) is 3. The van der Waals surface area contributed by atoms with Crippen LogP contribution >= 0.6 is 0 Å². The van der Waals surface area contributed by atoms with Gasteiger partial charge in [0.05, 0.1) is 61.0 Å². The fourth-order valence-corrected chi connectivity index (χ4v) is 15.4. The van der Waals surface area contributed by atoms with E-state index in [2.05, 4.69) is 39.6 Å². The number of nitrogens with zero attached hydrogens (tertiary/aromatic N) is 3. The number of aromatic nitrogens is 1. The fraction of sp³-hybridized carbons (Fsp3) is 0.684. The number of phenols is 1. The van der Waals surface area contributed by atoms with Crippen LogP contribution in [0.5, 0.6) is 11.5 Å². The number of aromatic hydroxyl groups is 1. The third kappa shape index (κ3) is 21.3. The number of piperazine rings is 1. The van der Waals surface area contributed by atoms with Crippen molar-refractivity contribution >= 4 is 62.0 Å². The molecule has 24 N–H and O–H groups in total. The van der Waals surface area contributed by atoms with E-state index in [1.54, 1.807) is 45.9 Å². The van der Waals surface area contributed by atoms with E-state index >= 15 is 0 Å². The van der Waals surface area contributed by atoms with Gasteiger partial charge in [0.25, 0.3) is 5.91 Å². The summed E-state index contributed by atoms with van der Waals surface area (Å²) in [4.78, 5) is 64.7. The zero-order valence-corrected chi connectivity index (χ0v) is 67.7. The van der Waals surface area contributed by atoms with Crippen molar-refractivity contribution in [1.29, 1.82) is 0 Å². The van der Waals surface area contributed by atoms with Crippen LogP contribution in [-0.4, -0.2) is 301 Å². The molecule has 0 radical (unpaired) electrons. The molecule has 646 valence electrons. The molecule has 1 aromatic heterocycles. The highest BCUT2D eigenvalue weighted by atomic mass is 16.7. The van der Waals surface area contributed by atoms with Gasteiger partial charge in [-0.25, -0.2) is 4.98 Å². The molecule has 4 fully saturated rings. The molecule has 4 aromatic rings. The molecular formula is C79H124N10O26. The van der Waals surface area contributed by atoms with Crippen LogP contribution in [0.25, 0.3) is 38.7 Å². The van der Waals surface area contributed by atoms with Crippen molar-refractivity contribution in [2.75, 3.05) is 89.5 Å². The summed E-state index contributed by atoms with van der Waals surface area (Å²) in [7, 11) is 1.45. The number of aliphatic hydroxyl groups excluding tert-OH is 12. The number of rotatable bonds is 20. The first-order valence-electron chi connectivity index (χ1n) is 39.4. The largest absolute Gasteiger partial charge is 0.507 e.